The third kappa shape index (κ3) is 4.49. The minimum absolute atomic E-state index is 0.0313. The third-order valence-corrected chi connectivity index (χ3v) is 6.14. The molecule has 0 bridgehead atoms. The Balaban J connectivity index is 1.29. The first kappa shape index (κ1) is 20.0. The first-order valence-corrected chi connectivity index (χ1v) is 10.5. The van der Waals surface area contributed by atoms with E-state index < -0.39 is 0 Å². The highest BCUT2D eigenvalue weighted by molar-refractivity contribution is 7.13. The fourth-order valence-electron chi connectivity index (χ4n) is 3.63. The molecule has 4 rings (SSSR count). The van der Waals surface area contributed by atoms with Crippen LogP contribution in [0, 0.1) is 20.8 Å². The Morgan fingerprint density at radius 1 is 1.17 bits per heavy atom. The molecule has 29 heavy (non-hydrogen) atoms. The number of rotatable bonds is 4. The molecule has 9 nitrogen and oxygen atoms in total. The molecule has 0 unspecified atom stereocenters. The lowest BCUT2D eigenvalue weighted by Gasteiger charge is -2.19. The Morgan fingerprint density at radius 2 is 1.86 bits per heavy atom. The van der Waals surface area contributed by atoms with Crippen LogP contribution in [-0.2, 0) is 20.8 Å². The van der Waals surface area contributed by atoms with E-state index in [2.05, 4.69) is 15.4 Å². The van der Waals surface area contributed by atoms with E-state index in [1.54, 1.807) is 16.5 Å². The highest BCUT2D eigenvalue weighted by Crippen LogP contribution is 2.21. The number of carbonyl (C=O) groups excluding carboxylic acids is 2. The Hall–Kier alpha value is -2.30. The van der Waals surface area contributed by atoms with Crippen LogP contribution in [0.3, 0.4) is 0 Å². The number of fused-ring (bicyclic) bond motifs is 1. The molecular formula is C19H25N5O4S. The van der Waals surface area contributed by atoms with Crippen molar-refractivity contribution in [2.24, 2.45) is 0 Å². The summed E-state index contributed by atoms with van der Waals surface area (Å²) in [4.78, 5) is 32.8. The van der Waals surface area contributed by atoms with Crippen LogP contribution in [0.2, 0.25) is 0 Å². The molecule has 4 heterocycles. The van der Waals surface area contributed by atoms with Gasteiger partial charge in [0.05, 0.1) is 24.1 Å². The maximum Gasteiger partial charge on any atom is 0.261 e. The number of thiophene rings is 1. The normalized spacial score (nSPS) is 22.4. The van der Waals surface area contributed by atoms with E-state index in [-0.39, 0.29) is 36.6 Å². The lowest BCUT2D eigenvalue weighted by atomic mass is 10.3. The lowest BCUT2D eigenvalue weighted by Crippen LogP contribution is -2.41. The molecule has 2 saturated heterocycles. The molecule has 2 aliphatic rings. The van der Waals surface area contributed by atoms with Gasteiger partial charge in [0.15, 0.2) is 0 Å². The van der Waals surface area contributed by atoms with E-state index in [0.29, 0.717) is 37.0 Å². The summed E-state index contributed by atoms with van der Waals surface area (Å²) in [6.45, 7) is 7.44. The zero-order valence-electron chi connectivity index (χ0n) is 16.8. The van der Waals surface area contributed by atoms with Crippen molar-refractivity contribution in [1.82, 2.24) is 25.0 Å². The third-order valence-electron chi connectivity index (χ3n) is 5.14. The number of hydrogen-bond acceptors (Lipinski definition) is 7. The minimum Gasteiger partial charge on any atom is -0.371 e. The Bertz CT molecular complexity index is 894. The van der Waals surface area contributed by atoms with Gasteiger partial charge in [0.1, 0.15) is 30.4 Å². The van der Waals surface area contributed by atoms with Gasteiger partial charge in [0.25, 0.3) is 5.91 Å². The van der Waals surface area contributed by atoms with Crippen molar-refractivity contribution >= 4 is 23.2 Å². The van der Waals surface area contributed by atoms with Crippen LogP contribution < -0.4 is 5.32 Å². The summed E-state index contributed by atoms with van der Waals surface area (Å²) in [7, 11) is 0. The van der Waals surface area contributed by atoms with Gasteiger partial charge in [-0.1, -0.05) is 0 Å². The molecule has 2 aromatic rings. The first-order chi connectivity index (χ1) is 13.9. The fraction of sp³-hybridized carbons (Fsp3) is 0.579. The maximum absolute atomic E-state index is 12.6. The van der Waals surface area contributed by atoms with Crippen LogP contribution in [0.4, 0.5) is 0 Å². The summed E-state index contributed by atoms with van der Waals surface area (Å²) < 4.78 is 13.6. The molecule has 0 saturated carbocycles. The van der Waals surface area contributed by atoms with Crippen LogP contribution in [0.1, 0.15) is 26.2 Å². The first-order valence-electron chi connectivity index (χ1n) is 9.65. The predicted octanol–water partition coefficient (Wildman–Crippen LogP) is 0.690. The Morgan fingerprint density at radius 3 is 2.41 bits per heavy atom. The molecule has 2 fully saturated rings. The summed E-state index contributed by atoms with van der Waals surface area (Å²) in [5, 5.41) is 7.22. The van der Waals surface area contributed by atoms with E-state index in [0.717, 1.165) is 10.7 Å². The summed E-state index contributed by atoms with van der Waals surface area (Å²) in [5.41, 5.74) is 0. The molecule has 0 spiro atoms. The van der Waals surface area contributed by atoms with Gasteiger partial charge in [-0.05, 0) is 32.9 Å². The monoisotopic (exact) mass is 419 g/mol. The number of aryl methyl sites for hydroxylation is 3. The van der Waals surface area contributed by atoms with Crippen molar-refractivity contribution in [3.8, 4) is 0 Å². The average molecular weight is 420 g/mol. The van der Waals surface area contributed by atoms with Crippen molar-refractivity contribution < 1.29 is 19.1 Å². The van der Waals surface area contributed by atoms with Gasteiger partial charge in [0, 0.05) is 18.0 Å². The van der Waals surface area contributed by atoms with Crippen molar-refractivity contribution in [2.45, 2.75) is 45.6 Å². The number of carbonyl (C=O) groups is 2. The molecule has 0 aliphatic carbocycles. The van der Waals surface area contributed by atoms with E-state index in [4.69, 9.17) is 9.47 Å². The van der Waals surface area contributed by atoms with Gasteiger partial charge in [-0.2, -0.15) is 5.10 Å². The molecule has 2 atom stereocenters. The maximum atomic E-state index is 12.6. The zero-order chi connectivity index (χ0) is 20.5. The number of amides is 2. The van der Waals surface area contributed by atoms with Crippen LogP contribution in [-0.4, -0.2) is 76.0 Å². The fourth-order valence-corrected chi connectivity index (χ4v) is 4.40. The largest absolute Gasteiger partial charge is 0.371 e. The highest BCUT2D eigenvalue weighted by Gasteiger charge is 2.39. The molecule has 2 amide bonds. The topological polar surface area (TPSA) is 98.6 Å². The van der Waals surface area contributed by atoms with Crippen molar-refractivity contribution in [2.75, 3.05) is 26.3 Å². The van der Waals surface area contributed by atoms with Crippen molar-refractivity contribution in [3.05, 3.63) is 33.5 Å². The average Bonchev–Trinajstić information content (AvgIpc) is 3.33. The number of nitrogens with one attached hydrogen (secondary N) is 1. The quantitative estimate of drug-likeness (QED) is 0.783. The van der Waals surface area contributed by atoms with Gasteiger partial charge < -0.3 is 19.7 Å². The second-order valence-corrected chi connectivity index (χ2v) is 8.77. The second-order valence-electron chi connectivity index (χ2n) is 7.49. The van der Waals surface area contributed by atoms with Crippen molar-refractivity contribution in [1.29, 1.82) is 0 Å². The van der Waals surface area contributed by atoms with Gasteiger partial charge >= 0.3 is 0 Å². The van der Waals surface area contributed by atoms with Gasteiger partial charge in [0.2, 0.25) is 5.91 Å². The van der Waals surface area contributed by atoms with Gasteiger partial charge in [-0.15, -0.1) is 11.3 Å². The van der Waals surface area contributed by atoms with E-state index >= 15 is 0 Å². The molecule has 156 valence electrons. The molecule has 2 aromatic heterocycles. The molecule has 0 aromatic carbocycles. The summed E-state index contributed by atoms with van der Waals surface area (Å²) in [5.74, 6) is 1.23. The zero-order valence-corrected chi connectivity index (χ0v) is 17.6. The van der Waals surface area contributed by atoms with Gasteiger partial charge in [-0.3, -0.25) is 9.59 Å². The minimum atomic E-state index is -0.208. The van der Waals surface area contributed by atoms with Gasteiger partial charge in [-0.25, -0.2) is 9.67 Å². The molecule has 2 aliphatic heterocycles. The van der Waals surface area contributed by atoms with Crippen molar-refractivity contribution in [3.63, 3.8) is 0 Å². The van der Waals surface area contributed by atoms with Crippen LogP contribution in [0.25, 0.3) is 0 Å². The second kappa shape index (κ2) is 8.21. The Kier molecular flexibility index (Phi) is 5.66. The number of ether oxygens (including phenoxy) is 2. The summed E-state index contributed by atoms with van der Waals surface area (Å²) >= 11 is 1.46. The summed E-state index contributed by atoms with van der Waals surface area (Å²) in [6.07, 6.45) is -0.383. The molecule has 1 N–H and O–H groups in total. The summed E-state index contributed by atoms with van der Waals surface area (Å²) in [6, 6.07) is 3.54. The number of nitrogens with zero attached hydrogens (tertiary/aromatic N) is 4. The molecule has 0 radical (unpaired) electrons. The predicted molar refractivity (Wildman–Crippen MR) is 106 cm³/mol. The Labute approximate surface area is 173 Å². The number of aromatic nitrogens is 3. The van der Waals surface area contributed by atoms with Crippen LogP contribution in [0.5, 0.6) is 0 Å². The number of likely N-dealkylation sites (tertiary alicyclic amines) is 1. The molecule has 10 heteroatoms. The standard InChI is InChI=1S/C19H25N5O4S/c1-11-4-5-17(29-11)19(26)21-14-9-27-15-6-23(7-16(15)28-10-14)18(25)8-24-13(3)20-12(2)22-24/h4-5,14-16H,6-10H2,1-3H3,(H,21,26)/t15-,16-/m0/s1. The van der Waals surface area contributed by atoms with E-state index in [9.17, 15) is 9.59 Å². The number of hydrogen-bond donors (Lipinski definition) is 1. The van der Waals surface area contributed by atoms with Crippen LogP contribution >= 0.6 is 11.3 Å². The highest BCUT2D eigenvalue weighted by atomic mass is 32.1. The molecular weight excluding hydrogens is 394 g/mol. The lowest BCUT2D eigenvalue weighted by molar-refractivity contribution is -0.131. The van der Waals surface area contributed by atoms with E-state index in [1.807, 2.05) is 26.0 Å². The van der Waals surface area contributed by atoms with Crippen LogP contribution in [0.15, 0.2) is 12.1 Å². The SMILES string of the molecule is Cc1nc(C)n(CC(=O)N2C[C@@H]3OCC(NC(=O)c4ccc(C)s4)CO[C@H]3C2)n1. The van der Waals surface area contributed by atoms with E-state index in [1.165, 1.54) is 11.3 Å². The smallest absolute Gasteiger partial charge is 0.261 e.